The third kappa shape index (κ3) is 74.4. The van der Waals surface area contributed by atoms with E-state index in [9.17, 15) is 19.5 Å². The van der Waals surface area contributed by atoms with Crippen LogP contribution in [0.25, 0.3) is 0 Å². The van der Waals surface area contributed by atoms with Gasteiger partial charge in [0, 0.05) is 12.8 Å². The van der Waals surface area contributed by atoms with Crippen LogP contribution in [0.5, 0.6) is 0 Å². The minimum atomic E-state index is -1.64. The fourth-order valence-corrected chi connectivity index (χ4v) is 10.3. The van der Waals surface area contributed by atoms with Crippen LogP contribution in [0.4, 0.5) is 0 Å². The van der Waals surface area contributed by atoms with E-state index in [2.05, 4.69) is 160 Å². The molecule has 0 spiro atoms. The van der Waals surface area contributed by atoms with Crippen molar-refractivity contribution in [3.8, 4) is 0 Å². The third-order valence-electron chi connectivity index (χ3n) is 16.1. The Hall–Kier alpha value is -4.83. The summed E-state index contributed by atoms with van der Waals surface area (Å²) in [7, 11) is 5.92. The minimum Gasteiger partial charge on any atom is -0.545 e. The molecule has 0 aromatic rings. The number of likely N-dealkylation sites (N-methyl/N-ethyl adjacent to an activating group) is 1. The SMILES string of the molecule is CC/C=C\C/C=C\C/C=C\C/C=C\C/C=C\C/C=C\C/C=C\C/C=C\C/C=C\C/C=C\CCCCCCC(=O)OC(COC(=O)CCCCCCCCCCCCCCCCCCCCCCC/C=C\C/C=C\CCCCCCC)COC(OCC[N+](C)(C)C)C(=O)[O-]. The van der Waals surface area contributed by atoms with Crippen molar-refractivity contribution in [2.75, 3.05) is 47.5 Å². The van der Waals surface area contributed by atoms with Gasteiger partial charge in [0.1, 0.15) is 13.2 Å². The molecule has 0 N–H and O–H groups in total. The zero-order valence-corrected chi connectivity index (χ0v) is 60.6. The molecule has 0 amide bonds. The monoisotopic (exact) mass is 1290 g/mol. The summed E-state index contributed by atoms with van der Waals surface area (Å²) in [6.07, 6.45) is 104. The molecule has 0 aliphatic rings. The van der Waals surface area contributed by atoms with Gasteiger partial charge in [0.15, 0.2) is 12.4 Å². The number of carboxylic acids is 1. The summed E-state index contributed by atoms with van der Waals surface area (Å²) in [4.78, 5) is 37.6. The van der Waals surface area contributed by atoms with Crippen LogP contribution in [0.3, 0.4) is 0 Å². The number of hydrogen-bond acceptors (Lipinski definition) is 8. The number of aliphatic carboxylic acids is 1. The second-order valence-corrected chi connectivity index (χ2v) is 26.2. The molecule has 0 saturated carbocycles. The Morgan fingerprint density at radius 2 is 0.613 bits per heavy atom. The Labute approximate surface area is 572 Å². The lowest BCUT2D eigenvalue weighted by atomic mass is 10.0. The number of quaternary nitrogens is 1. The molecular formula is C84H141NO8. The van der Waals surface area contributed by atoms with Crippen LogP contribution in [-0.2, 0) is 33.3 Å². The Bertz CT molecular complexity index is 2040. The molecule has 0 aliphatic carbocycles. The second-order valence-electron chi connectivity index (χ2n) is 26.2. The molecule has 9 heteroatoms. The molecule has 0 fully saturated rings. The largest absolute Gasteiger partial charge is 0.545 e. The van der Waals surface area contributed by atoms with Gasteiger partial charge in [-0.25, -0.2) is 0 Å². The lowest BCUT2D eigenvalue weighted by Crippen LogP contribution is -2.44. The van der Waals surface area contributed by atoms with E-state index in [0.717, 1.165) is 116 Å². The van der Waals surface area contributed by atoms with Gasteiger partial charge in [-0.1, -0.05) is 320 Å². The van der Waals surface area contributed by atoms with Crippen molar-refractivity contribution >= 4 is 17.9 Å². The van der Waals surface area contributed by atoms with E-state index in [0.29, 0.717) is 17.4 Å². The third-order valence-corrected chi connectivity index (χ3v) is 16.1. The normalized spacial score (nSPS) is 13.5. The molecular weight excluding hydrogens is 1150 g/mol. The Morgan fingerprint density at radius 1 is 0.333 bits per heavy atom. The molecule has 0 rings (SSSR count). The van der Waals surface area contributed by atoms with E-state index in [1.165, 1.54) is 161 Å². The summed E-state index contributed by atoms with van der Waals surface area (Å²) in [5.41, 5.74) is 0. The number of hydrogen-bond donors (Lipinski definition) is 0. The molecule has 0 aromatic heterocycles. The molecule has 2 unspecified atom stereocenters. The Morgan fingerprint density at radius 3 is 0.914 bits per heavy atom. The van der Waals surface area contributed by atoms with Gasteiger partial charge in [-0.3, -0.25) is 9.59 Å². The van der Waals surface area contributed by atoms with Gasteiger partial charge in [-0.05, 0) is 122 Å². The quantitative estimate of drug-likeness (QED) is 0.0195. The van der Waals surface area contributed by atoms with Gasteiger partial charge in [0.25, 0.3) is 0 Å². The predicted molar refractivity (Wildman–Crippen MR) is 398 cm³/mol. The Kier molecular flexibility index (Phi) is 69.2. The summed E-state index contributed by atoms with van der Waals surface area (Å²) in [6.45, 7) is 4.61. The molecule has 9 nitrogen and oxygen atoms in total. The molecule has 93 heavy (non-hydrogen) atoms. The van der Waals surface area contributed by atoms with Gasteiger partial charge in [0.2, 0.25) is 0 Å². The number of carbonyl (C=O) groups is 3. The average molecular weight is 1290 g/mol. The molecule has 530 valence electrons. The lowest BCUT2D eigenvalue weighted by molar-refractivity contribution is -0.870. The summed E-state index contributed by atoms with van der Waals surface area (Å²) in [5, 5.41) is 11.8. The summed E-state index contributed by atoms with van der Waals surface area (Å²) in [5.74, 6) is -2.32. The number of esters is 2. The second kappa shape index (κ2) is 73.0. The number of carbonyl (C=O) groups excluding carboxylic acids is 3. The molecule has 0 aromatic carbocycles. The van der Waals surface area contributed by atoms with Crippen LogP contribution in [0, 0.1) is 0 Å². The van der Waals surface area contributed by atoms with E-state index < -0.39 is 24.3 Å². The van der Waals surface area contributed by atoms with Crippen LogP contribution in [-0.4, -0.2) is 82.3 Å². The molecule has 0 bridgehead atoms. The number of ether oxygens (including phenoxy) is 4. The van der Waals surface area contributed by atoms with Crippen molar-refractivity contribution in [1.82, 2.24) is 0 Å². The van der Waals surface area contributed by atoms with Crippen molar-refractivity contribution in [1.29, 1.82) is 0 Å². The first-order chi connectivity index (χ1) is 45.6. The summed E-state index contributed by atoms with van der Waals surface area (Å²) in [6, 6.07) is 0. The van der Waals surface area contributed by atoms with Gasteiger partial charge >= 0.3 is 11.9 Å². The first-order valence-corrected chi connectivity index (χ1v) is 38.0. The zero-order chi connectivity index (χ0) is 67.5. The van der Waals surface area contributed by atoms with Crippen molar-refractivity contribution in [2.24, 2.45) is 0 Å². The van der Waals surface area contributed by atoms with E-state index in [1.54, 1.807) is 0 Å². The number of nitrogens with zero attached hydrogens (tertiary/aromatic N) is 1. The summed E-state index contributed by atoms with van der Waals surface area (Å²) < 4.78 is 22.8. The molecule has 0 aliphatic heterocycles. The smallest absolute Gasteiger partial charge is 0.306 e. The number of carboxylic acid groups (broad SMARTS) is 1. The van der Waals surface area contributed by atoms with Gasteiger partial charge in [-0.2, -0.15) is 0 Å². The minimum absolute atomic E-state index is 0.136. The maximum atomic E-state index is 12.9. The highest BCUT2D eigenvalue weighted by molar-refractivity contribution is 5.70. The molecule has 2 atom stereocenters. The van der Waals surface area contributed by atoms with E-state index >= 15 is 0 Å². The van der Waals surface area contributed by atoms with Crippen molar-refractivity contribution in [3.05, 3.63) is 146 Å². The van der Waals surface area contributed by atoms with Crippen molar-refractivity contribution in [2.45, 2.75) is 322 Å². The van der Waals surface area contributed by atoms with Crippen LogP contribution < -0.4 is 5.11 Å². The summed E-state index contributed by atoms with van der Waals surface area (Å²) >= 11 is 0. The number of unbranched alkanes of at least 4 members (excludes halogenated alkanes) is 30. The highest BCUT2D eigenvalue weighted by atomic mass is 16.7. The van der Waals surface area contributed by atoms with E-state index in [-0.39, 0.29) is 38.6 Å². The zero-order valence-electron chi connectivity index (χ0n) is 60.6. The van der Waals surface area contributed by atoms with Gasteiger partial charge in [0.05, 0.1) is 40.3 Å². The predicted octanol–water partition coefficient (Wildman–Crippen LogP) is 22.9. The molecule has 0 radical (unpaired) electrons. The van der Waals surface area contributed by atoms with Gasteiger partial charge < -0.3 is 33.3 Å². The van der Waals surface area contributed by atoms with E-state index in [4.69, 9.17) is 18.9 Å². The topological polar surface area (TPSA) is 111 Å². The first-order valence-electron chi connectivity index (χ1n) is 38.0. The standard InChI is InChI=1S/C84H141NO8/c1-6-8-10-12-14-16-18-20-22-24-26-28-30-32-34-36-38-40-41-43-45-47-49-51-53-55-57-59-61-63-65-67-69-71-73-75-82(87)93-80(79-92-84(83(88)89)90-77-76-85(3,4)5)78-91-81(86)74-72-70-68-66-64-62-60-58-56-54-52-50-48-46-44-42-39-37-35-33-31-29-27-25-23-21-19-17-15-13-11-9-7-2/h8,10,14,16,19-22,25-28,32,34,38,40,43,45,49,51,55,57,61,63,80,84H,6-7,9,11-13,15,17-18,23-24,29-31,33,35-37,39,41-42,44,46-48,50,52-54,56,58-60,62,64-79H2,1-5H3/b10-8-,16-14-,21-19-,22-20-,27-25-,28-26-,34-32-,40-38-,45-43-,51-49-,57-55-,63-61-. The fraction of sp³-hybridized carbons (Fsp3) is 0.679. The number of rotatable bonds is 69. The first kappa shape index (κ1) is 88.2. The van der Waals surface area contributed by atoms with Crippen molar-refractivity contribution in [3.63, 3.8) is 0 Å². The highest BCUT2D eigenvalue weighted by Crippen LogP contribution is 2.17. The van der Waals surface area contributed by atoms with Crippen LogP contribution in [0.2, 0.25) is 0 Å². The average Bonchev–Trinajstić information content (AvgIpc) is 3.74. The lowest BCUT2D eigenvalue weighted by Gasteiger charge is -2.26. The van der Waals surface area contributed by atoms with Crippen LogP contribution in [0.1, 0.15) is 309 Å². The van der Waals surface area contributed by atoms with Crippen LogP contribution >= 0.6 is 0 Å². The maximum absolute atomic E-state index is 12.9. The highest BCUT2D eigenvalue weighted by Gasteiger charge is 2.22. The molecule has 0 heterocycles. The van der Waals surface area contributed by atoms with Crippen molar-refractivity contribution < 1.29 is 42.9 Å². The van der Waals surface area contributed by atoms with E-state index in [1.807, 2.05) is 21.1 Å². The fourth-order valence-electron chi connectivity index (χ4n) is 10.3. The Balaban J connectivity index is 4.16. The molecule has 0 saturated heterocycles. The number of allylic oxidation sites excluding steroid dienone is 24. The maximum Gasteiger partial charge on any atom is 0.306 e. The van der Waals surface area contributed by atoms with Gasteiger partial charge in [-0.15, -0.1) is 0 Å². The van der Waals surface area contributed by atoms with Crippen LogP contribution in [0.15, 0.2) is 146 Å².